The van der Waals surface area contributed by atoms with E-state index in [2.05, 4.69) is 0 Å². The van der Waals surface area contributed by atoms with Crippen molar-refractivity contribution in [2.45, 2.75) is 13.7 Å². The summed E-state index contributed by atoms with van der Waals surface area (Å²) in [4.78, 5) is 0. The molecule has 0 saturated carbocycles. The Morgan fingerprint density at radius 3 is 2.00 bits per heavy atom. The number of hydrogen-bond acceptors (Lipinski definition) is 2. The lowest BCUT2D eigenvalue weighted by Gasteiger charge is -2.16. The highest BCUT2D eigenvalue weighted by Gasteiger charge is 2.13. The van der Waals surface area contributed by atoms with Gasteiger partial charge < -0.3 is 10.2 Å². The third-order valence-corrected chi connectivity index (χ3v) is 0.335. The van der Waals surface area contributed by atoms with Gasteiger partial charge in [0.15, 0.2) is 0 Å². The largest absolute Gasteiger partial charge is 0.396 e. The van der Waals surface area contributed by atoms with Gasteiger partial charge in [0.1, 0.15) is 0 Å². The van der Waals surface area contributed by atoms with E-state index in [4.69, 9.17) is 23.9 Å². The smallest absolute Gasteiger partial charge is 0.0570 e. The molecule has 0 rings (SSSR count). The molecule has 0 aromatic rings. The molecule has 0 heterocycles. The molecule has 2 heteroatoms. The van der Waals surface area contributed by atoms with Gasteiger partial charge in [0.05, 0.1) is 18.6 Å². The molecule has 0 bridgehead atoms. The zero-order chi connectivity index (χ0) is 14.5. The van der Waals surface area contributed by atoms with E-state index in [9.17, 15) is 0 Å². The van der Waals surface area contributed by atoms with Crippen LogP contribution >= 0.6 is 0 Å². The van der Waals surface area contributed by atoms with Crippen LogP contribution in [0.2, 0.25) is 0 Å². The summed E-state index contributed by atoms with van der Waals surface area (Å²) < 4.78 is 69.5. The van der Waals surface area contributed by atoms with Crippen LogP contribution in [0.15, 0.2) is 0 Å². The summed E-state index contributed by atoms with van der Waals surface area (Å²) in [7, 11) is 0. The van der Waals surface area contributed by atoms with Crippen LogP contribution < -0.4 is 0 Å². The first-order valence-corrected chi connectivity index (χ1v) is 1.45. The molecule has 0 spiro atoms. The summed E-state index contributed by atoms with van der Waals surface area (Å²) in [6, 6.07) is 0. The third kappa shape index (κ3) is 2.60. The Kier molecular flexibility index (Phi) is 0.312. The van der Waals surface area contributed by atoms with Crippen LogP contribution in [0.3, 0.4) is 0 Å². The molecule has 0 unspecified atom stereocenters. The maximum Gasteiger partial charge on any atom is 0.0570 e. The lowest BCUT2D eigenvalue weighted by atomic mass is 9.97. The normalized spacial score (nSPS) is 40.9. The molecule has 0 fully saturated rings. The van der Waals surface area contributed by atoms with Crippen LogP contribution in [0.5, 0.6) is 0 Å². The maximum atomic E-state index is 9.15. The fourth-order valence-corrected chi connectivity index (χ4v) is 0.0250. The van der Waals surface area contributed by atoms with Gasteiger partial charge in [-0.25, -0.2) is 0 Å². The fourth-order valence-electron chi connectivity index (χ4n) is 0.0250. The highest BCUT2D eigenvalue weighted by Crippen LogP contribution is 2.10. The molecular formula is C5H12O2. The van der Waals surface area contributed by atoms with Gasteiger partial charge in [0.2, 0.25) is 0 Å². The van der Waals surface area contributed by atoms with Gasteiger partial charge in [0.25, 0.3) is 0 Å². The molecule has 7 heavy (non-hydrogen) atoms. The van der Waals surface area contributed by atoms with Gasteiger partial charge in [-0.05, 0) is 0 Å². The van der Waals surface area contributed by atoms with Crippen molar-refractivity contribution in [2.24, 2.45) is 5.41 Å². The fraction of sp³-hybridized carbons (Fsp3) is 1.00. The average molecular weight is 114 g/mol. The second-order valence-electron chi connectivity index (χ2n) is 0.974. The summed E-state index contributed by atoms with van der Waals surface area (Å²) in [5.41, 5.74) is -3.97. The van der Waals surface area contributed by atoms with Gasteiger partial charge in [-0.15, -0.1) is 0 Å². The summed E-state index contributed by atoms with van der Waals surface area (Å²) in [6.45, 7) is -15.6. The molecule has 0 aromatic heterocycles. The Balaban J connectivity index is 6.37. The second kappa shape index (κ2) is 2.28. The number of hydrogen-bond donors (Lipinski definition) is 2. The van der Waals surface area contributed by atoms with Crippen LogP contribution in [0.25, 0.3) is 0 Å². The summed E-state index contributed by atoms with van der Waals surface area (Å²) >= 11 is 0. The van der Waals surface area contributed by atoms with E-state index < -0.39 is 32.2 Å². The third-order valence-electron chi connectivity index (χ3n) is 0.335. The minimum Gasteiger partial charge on any atom is -0.396 e. The molecule has 0 radical (unpaired) electrons. The molecule has 0 atom stereocenters. The molecule has 0 aromatic carbocycles. The molecule has 44 valence electrons. The molecule has 0 amide bonds. The SMILES string of the molecule is [2H]C([2H])([2H])C(C([2H])([2H])[2H])(C([2H])([2H])O)C([2H])([2H])O. The van der Waals surface area contributed by atoms with E-state index >= 15 is 0 Å². The van der Waals surface area contributed by atoms with E-state index in [1.165, 1.54) is 0 Å². The molecule has 2 N–H and O–H groups in total. The summed E-state index contributed by atoms with van der Waals surface area (Å²) in [6.07, 6.45) is 0. The van der Waals surface area contributed by atoms with Gasteiger partial charge in [0, 0.05) is 13.6 Å². The Morgan fingerprint density at radius 1 is 1.57 bits per heavy atom. The predicted molar refractivity (Wildman–Crippen MR) is 28.0 cm³/mol. The van der Waals surface area contributed by atoms with E-state index in [1.807, 2.05) is 0 Å². The lowest BCUT2D eigenvalue weighted by Crippen LogP contribution is -2.20. The second-order valence-corrected chi connectivity index (χ2v) is 0.974. The van der Waals surface area contributed by atoms with Crippen molar-refractivity contribution < 1.29 is 23.9 Å². The van der Waals surface area contributed by atoms with Crippen LogP contribution in [-0.2, 0) is 0 Å². The minimum absolute atomic E-state index is 3.80. The van der Waals surface area contributed by atoms with Crippen LogP contribution in [-0.4, -0.2) is 23.3 Å². The number of rotatable bonds is 2. The van der Waals surface area contributed by atoms with Crippen molar-refractivity contribution >= 4 is 0 Å². The van der Waals surface area contributed by atoms with E-state index in [0.717, 1.165) is 0 Å². The quantitative estimate of drug-likeness (QED) is 0.530. The minimum atomic E-state index is -3.98. The summed E-state index contributed by atoms with van der Waals surface area (Å²) in [5.74, 6) is 0. The van der Waals surface area contributed by atoms with Crippen LogP contribution in [0.4, 0.5) is 0 Å². The maximum absolute atomic E-state index is 9.15. The standard InChI is InChI=1S/C5H12O2/c1-5(2,3-6)4-7/h6-7H,3-4H2,1-2H3/i1D3,2D3,3D2,4D2. The molecular weight excluding hydrogens is 92.1 g/mol. The van der Waals surface area contributed by atoms with Crippen molar-refractivity contribution in [3.8, 4) is 0 Å². The average Bonchev–Trinajstić information content (AvgIpc) is 1.67. The van der Waals surface area contributed by atoms with E-state index in [0.29, 0.717) is 0 Å². The Morgan fingerprint density at radius 2 is 2.00 bits per heavy atom. The molecule has 2 nitrogen and oxygen atoms in total. The van der Waals surface area contributed by atoms with Crippen molar-refractivity contribution in [3.63, 3.8) is 0 Å². The topological polar surface area (TPSA) is 40.5 Å². The molecule has 0 aliphatic heterocycles. The summed E-state index contributed by atoms with van der Waals surface area (Å²) in [5, 5.41) is 18.3. The Labute approximate surface area is 57.8 Å². The zero-order valence-electron chi connectivity index (χ0n) is 13.4. The molecule has 0 aliphatic carbocycles. The van der Waals surface area contributed by atoms with Gasteiger partial charge in [-0.3, -0.25) is 0 Å². The molecule has 0 saturated heterocycles. The number of aliphatic hydroxyl groups is 2. The predicted octanol–water partition coefficient (Wildman–Crippen LogP) is -0.00280. The Hall–Kier alpha value is -0.0800. The molecule has 0 aliphatic rings. The van der Waals surface area contributed by atoms with E-state index in [1.54, 1.807) is 0 Å². The first-order chi connectivity index (χ1) is 7.00. The monoisotopic (exact) mass is 114 g/mol. The first-order valence-electron chi connectivity index (χ1n) is 6.45. The van der Waals surface area contributed by atoms with Crippen molar-refractivity contribution in [1.29, 1.82) is 0 Å². The highest BCUT2D eigenvalue weighted by molar-refractivity contribution is 4.62. The highest BCUT2D eigenvalue weighted by atomic mass is 16.3. The van der Waals surface area contributed by atoms with Crippen LogP contribution in [0.1, 0.15) is 27.4 Å². The van der Waals surface area contributed by atoms with Crippen LogP contribution in [0, 0.1) is 5.41 Å². The Bertz CT molecular complexity index is 216. The van der Waals surface area contributed by atoms with E-state index in [-0.39, 0.29) is 0 Å². The lowest BCUT2D eigenvalue weighted by molar-refractivity contribution is 0.0857. The first kappa shape index (κ1) is 0.957. The van der Waals surface area contributed by atoms with Gasteiger partial charge in [-0.1, -0.05) is 13.7 Å². The van der Waals surface area contributed by atoms with Crippen molar-refractivity contribution in [1.82, 2.24) is 0 Å². The van der Waals surface area contributed by atoms with Gasteiger partial charge >= 0.3 is 0 Å². The van der Waals surface area contributed by atoms with Crippen molar-refractivity contribution in [3.05, 3.63) is 0 Å². The van der Waals surface area contributed by atoms with Gasteiger partial charge in [-0.2, -0.15) is 0 Å². The zero-order valence-corrected chi connectivity index (χ0v) is 3.39. The van der Waals surface area contributed by atoms with Crippen molar-refractivity contribution in [2.75, 3.05) is 13.1 Å².